The zero-order valence-corrected chi connectivity index (χ0v) is 10.4. The first kappa shape index (κ1) is 12.5. The normalized spacial score (nSPS) is 27.5. The summed E-state index contributed by atoms with van der Waals surface area (Å²) in [6.45, 7) is 9.47. The van der Waals surface area contributed by atoms with Gasteiger partial charge in [0.05, 0.1) is 0 Å². The smallest absolute Gasteiger partial charge is 0.220 e. The van der Waals surface area contributed by atoms with Gasteiger partial charge in [-0.25, -0.2) is 0 Å². The zero-order chi connectivity index (χ0) is 11.5. The van der Waals surface area contributed by atoms with Gasteiger partial charge in [0, 0.05) is 18.5 Å². The lowest BCUT2D eigenvalue weighted by molar-refractivity contribution is -0.123. The number of amides is 1. The van der Waals surface area contributed by atoms with E-state index in [0.29, 0.717) is 18.5 Å². The number of hydrogen-bond acceptors (Lipinski definition) is 2. The summed E-state index contributed by atoms with van der Waals surface area (Å²) in [4.78, 5) is 11.7. The van der Waals surface area contributed by atoms with Gasteiger partial charge in [-0.15, -0.1) is 0 Å². The quantitative estimate of drug-likeness (QED) is 0.731. The molecule has 88 valence electrons. The maximum absolute atomic E-state index is 11.7. The Kier molecular flexibility index (Phi) is 4.14. The third-order valence-electron chi connectivity index (χ3n) is 2.68. The summed E-state index contributed by atoms with van der Waals surface area (Å²) in [6, 6.07) is 0.898. The van der Waals surface area contributed by atoms with Crippen molar-refractivity contribution in [1.29, 1.82) is 0 Å². The van der Waals surface area contributed by atoms with Gasteiger partial charge >= 0.3 is 0 Å². The Labute approximate surface area is 93.0 Å². The van der Waals surface area contributed by atoms with Crippen LogP contribution < -0.4 is 10.6 Å². The molecule has 0 aromatic heterocycles. The molecule has 1 rings (SSSR count). The maximum Gasteiger partial charge on any atom is 0.220 e. The number of hydrogen-bond donors (Lipinski definition) is 2. The Bertz CT molecular complexity index is 220. The molecule has 1 amide bonds. The summed E-state index contributed by atoms with van der Waals surface area (Å²) in [5, 5.41) is 6.51. The summed E-state index contributed by atoms with van der Waals surface area (Å²) in [7, 11) is 0. The van der Waals surface area contributed by atoms with Crippen molar-refractivity contribution >= 4 is 5.91 Å². The lowest BCUT2D eigenvalue weighted by atomic mass is 9.91. The van der Waals surface area contributed by atoms with E-state index in [1.807, 2.05) is 0 Å². The Balaban J connectivity index is 2.31. The first-order chi connectivity index (χ1) is 6.87. The fourth-order valence-electron chi connectivity index (χ4n) is 2.02. The summed E-state index contributed by atoms with van der Waals surface area (Å²) in [5.74, 6) is 0.196. The third kappa shape index (κ3) is 5.17. The van der Waals surface area contributed by atoms with Gasteiger partial charge in [0.25, 0.3) is 0 Å². The standard InChI is InChI=1S/C12H24N2O/c1-9-7-10(5-6-13-9)14-11(15)8-12(2,3)4/h9-10,13H,5-8H2,1-4H3,(H,14,15). The van der Waals surface area contributed by atoms with E-state index < -0.39 is 0 Å². The Morgan fingerprint density at radius 3 is 2.67 bits per heavy atom. The van der Waals surface area contributed by atoms with Crippen molar-refractivity contribution in [3.63, 3.8) is 0 Å². The van der Waals surface area contributed by atoms with Gasteiger partial charge in [-0.2, -0.15) is 0 Å². The highest BCUT2D eigenvalue weighted by Gasteiger charge is 2.22. The lowest BCUT2D eigenvalue weighted by Crippen LogP contribution is -2.47. The van der Waals surface area contributed by atoms with Crippen LogP contribution in [0.5, 0.6) is 0 Å². The van der Waals surface area contributed by atoms with Gasteiger partial charge in [-0.3, -0.25) is 4.79 Å². The van der Waals surface area contributed by atoms with E-state index in [-0.39, 0.29) is 11.3 Å². The van der Waals surface area contributed by atoms with Crippen molar-refractivity contribution in [2.45, 2.75) is 59.0 Å². The molecule has 0 saturated carbocycles. The molecular weight excluding hydrogens is 188 g/mol. The van der Waals surface area contributed by atoms with E-state index in [9.17, 15) is 4.79 Å². The van der Waals surface area contributed by atoms with Crippen LogP contribution in [0.25, 0.3) is 0 Å². The molecule has 2 N–H and O–H groups in total. The Morgan fingerprint density at radius 1 is 1.47 bits per heavy atom. The molecule has 0 aliphatic carbocycles. The molecule has 1 fully saturated rings. The van der Waals surface area contributed by atoms with E-state index >= 15 is 0 Å². The van der Waals surface area contributed by atoms with Crippen LogP contribution in [0, 0.1) is 5.41 Å². The van der Waals surface area contributed by atoms with Crippen LogP contribution in [0.4, 0.5) is 0 Å². The van der Waals surface area contributed by atoms with Crippen LogP contribution in [0.1, 0.15) is 47.0 Å². The van der Waals surface area contributed by atoms with Crippen molar-refractivity contribution < 1.29 is 4.79 Å². The monoisotopic (exact) mass is 212 g/mol. The molecule has 2 atom stereocenters. The van der Waals surface area contributed by atoms with Crippen LogP contribution in [0.3, 0.4) is 0 Å². The van der Waals surface area contributed by atoms with Crippen LogP contribution in [0.2, 0.25) is 0 Å². The van der Waals surface area contributed by atoms with E-state index in [4.69, 9.17) is 0 Å². The zero-order valence-electron chi connectivity index (χ0n) is 10.4. The largest absolute Gasteiger partial charge is 0.353 e. The Hall–Kier alpha value is -0.570. The fourth-order valence-corrected chi connectivity index (χ4v) is 2.02. The SMILES string of the molecule is CC1CC(NC(=O)CC(C)(C)C)CCN1. The van der Waals surface area contributed by atoms with E-state index in [2.05, 4.69) is 38.3 Å². The van der Waals surface area contributed by atoms with Crippen molar-refractivity contribution in [1.82, 2.24) is 10.6 Å². The van der Waals surface area contributed by atoms with Gasteiger partial charge in [0.1, 0.15) is 0 Å². The number of rotatable bonds is 2. The van der Waals surface area contributed by atoms with Gasteiger partial charge in [-0.05, 0) is 31.7 Å². The van der Waals surface area contributed by atoms with Crippen molar-refractivity contribution in [3.8, 4) is 0 Å². The molecule has 0 aromatic rings. The molecule has 0 bridgehead atoms. The van der Waals surface area contributed by atoms with Crippen LogP contribution in [0.15, 0.2) is 0 Å². The summed E-state index contributed by atoms with van der Waals surface area (Å²) >= 11 is 0. The molecule has 15 heavy (non-hydrogen) atoms. The second-order valence-corrected chi connectivity index (χ2v) is 5.88. The molecule has 3 nitrogen and oxygen atoms in total. The molecule has 3 heteroatoms. The minimum Gasteiger partial charge on any atom is -0.353 e. The summed E-state index contributed by atoms with van der Waals surface area (Å²) < 4.78 is 0. The van der Waals surface area contributed by atoms with Crippen molar-refractivity contribution in [3.05, 3.63) is 0 Å². The topological polar surface area (TPSA) is 41.1 Å². The summed E-state index contributed by atoms with van der Waals surface area (Å²) in [5.41, 5.74) is 0.0859. The van der Waals surface area contributed by atoms with E-state index in [1.54, 1.807) is 0 Å². The highest BCUT2D eigenvalue weighted by atomic mass is 16.1. The molecular formula is C12H24N2O. The van der Waals surface area contributed by atoms with Gasteiger partial charge in [0.15, 0.2) is 0 Å². The van der Waals surface area contributed by atoms with Crippen LogP contribution in [-0.2, 0) is 4.79 Å². The van der Waals surface area contributed by atoms with Crippen molar-refractivity contribution in [2.75, 3.05) is 6.54 Å². The second-order valence-electron chi connectivity index (χ2n) is 5.88. The minimum atomic E-state index is 0.0859. The minimum absolute atomic E-state index is 0.0859. The molecule has 0 spiro atoms. The molecule has 1 aliphatic heterocycles. The van der Waals surface area contributed by atoms with Crippen LogP contribution >= 0.6 is 0 Å². The summed E-state index contributed by atoms with van der Waals surface area (Å²) in [6.07, 6.45) is 2.72. The average molecular weight is 212 g/mol. The molecule has 1 saturated heterocycles. The lowest BCUT2D eigenvalue weighted by Gasteiger charge is -2.29. The third-order valence-corrected chi connectivity index (χ3v) is 2.68. The number of carbonyl (C=O) groups excluding carboxylic acids is 1. The van der Waals surface area contributed by atoms with Crippen LogP contribution in [-0.4, -0.2) is 24.5 Å². The predicted octanol–water partition coefficient (Wildman–Crippen LogP) is 1.68. The maximum atomic E-state index is 11.7. The highest BCUT2D eigenvalue weighted by molar-refractivity contribution is 5.76. The molecule has 1 aliphatic rings. The Morgan fingerprint density at radius 2 is 2.13 bits per heavy atom. The van der Waals surface area contributed by atoms with Gasteiger partial charge < -0.3 is 10.6 Å². The second kappa shape index (κ2) is 4.97. The highest BCUT2D eigenvalue weighted by Crippen LogP contribution is 2.18. The first-order valence-corrected chi connectivity index (χ1v) is 5.89. The average Bonchev–Trinajstić information content (AvgIpc) is 1.99. The number of piperidine rings is 1. The first-order valence-electron chi connectivity index (χ1n) is 5.89. The van der Waals surface area contributed by atoms with E-state index in [1.165, 1.54) is 0 Å². The fraction of sp³-hybridized carbons (Fsp3) is 0.917. The van der Waals surface area contributed by atoms with Gasteiger partial charge in [-0.1, -0.05) is 20.8 Å². The predicted molar refractivity (Wildman–Crippen MR) is 62.7 cm³/mol. The van der Waals surface area contributed by atoms with Gasteiger partial charge in [0.2, 0.25) is 5.91 Å². The molecule has 2 unspecified atom stereocenters. The molecule has 0 aromatic carbocycles. The van der Waals surface area contributed by atoms with E-state index in [0.717, 1.165) is 19.4 Å². The van der Waals surface area contributed by atoms with Crippen molar-refractivity contribution in [2.24, 2.45) is 5.41 Å². The number of nitrogens with one attached hydrogen (secondary N) is 2. The number of carbonyl (C=O) groups is 1. The molecule has 0 radical (unpaired) electrons. The molecule has 1 heterocycles.